The summed E-state index contributed by atoms with van der Waals surface area (Å²) in [6.07, 6.45) is 1.10. The van der Waals surface area contributed by atoms with Crippen LogP contribution in [0.25, 0.3) is 0 Å². The SMILES string of the molecule is O=c1cccc2n1C[C@@H]1C[C@H]2CN(O)C1. The van der Waals surface area contributed by atoms with E-state index in [2.05, 4.69) is 0 Å². The van der Waals surface area contributed by atoms with Crippen molar-refractivity contribution in [3.05, 3.63) is 34.2 Å². The van der Waals surface area contributed by atoms with Gasteiger partial charge >= 0.3 is 0 Å². The number of pyridine rings is 1. The zero-order valence-electron chi connectivity index (χ0n) is 8.47. The van der Waals surface area contributed by atoms with Crippen molar-refractivity contribution in [1.29, 1.82) is 0 Å². The van der Waals surface area contributed by atoms with Crippen LogP contribution >= 0.6 is 0 Å². The molecule has 2 atom stereocenters. The third-order valence-electron chi connectivity index (χ3n) is 3.46. The molecule has 4 nitrogen and oxygen atoms in total. The van der Waals surface area contributed by atoms with Crippen LogP contribution in [-0.2, 0) is 6.54 Å². The molecule has 2 aliphatic rings. The van der Waals surface area contributed by atoms with E-state index in [-0.39, 0.29) is 5.56 Å². The van der Waals surface area contributed by atoms with Gasteiger partial charge in [0.15, 0.2) is 0 Å². The average molecular weight is 206 g/mol. The van der Waals surface area contributed by atoms with Gasteiger partial charge in [0.05, 0.1) is 0 Å². The van der Waals surface area contributed by atoms with Gasteiger partial charge in [-0.3, -0.25) is 4.79 Å². The molecule has 3 rings (SSSR count). The number of hydroxylamine groups is 2. The van der Waals surface area contributed by atoms with Gasteiger partial charge in [-0.1, -0.05) is 6.07 Å². The second-order valence-electron chi connectivity index (χ2n) is 4.57. The second kappa shape index (κ2) is 3.18. The van der Waals surface area contributed by atoms with Crippen molar-refractivity contribution in [2.45, 2.75) is 18.9 Å². The third-order valence-corrected chi connectivity index (χ3v) is 3.46. The lowest BCUT2D eigenvalue weighted by Gasteiger charge is -2.40. The Labute approximate surface area is 87.7 Å². The molecular weight excluding hydrogens is 192 g/mol. The molecule has 80 valence electrons. The van der Waals surface area contributed by atoms with Gasteiger partial charge in [-0.05, 0) is 18.4 Å². The number of rotatable bonds is 0. The summed E-state index contributed by atoms with van der Waals surface area (Å²) < 4.78 is 1.87. The van der Waals surface area contributed by atoms with Gasteiger partial charge < -0.3 is 9.77 Å². The maximum atomic E-state index is 11.7. The molecular formula is C11H14N2O2. The van der Waals surface area contributed by atoms with Gasteiger partial charge in [0.25, 0.3) is 5.56 Å². The largest absolute Gasteiger partial charge is 0.314 e. The summed E-state index contributed by atoms with van der Waals surface area (Å²) in [5.74, 6) is 0.734. The lowest BCUT2D eigenvalue weighted by atomic mass is 9.84. The Kier molecular flexibility index (Phi) is 1.94. The average Bonchev–Trinajstić information content (AvgIpc) is 2.19. The smallest absolute Gasteiger partial charge is 0.250 e. The summed E-state index contributed by atoms with van der Waals surface area (Å²) in [5, 5.41) is 10.9. The Morgan fingerprint density at radius 1 is 1.27 bits per heavy atom. The molecule has 1 N–H and O–H groups in total. The lowest BCUT2D eigenvalue weighted by Crippen LogP contribution is -2.45. The van der Waals surface area contributed by atoms with E-state index in [9.17, 15) is 10.0 Å². The van der Waals surface area contributed by atoms with Crippen LogP contribution in [-0.4, -0.2) is 27.9 Å². The molecule has 2 bridgehead atoms. The first-order valence-corrected chi connectivity index (χ1v) is 5.37. The molecule has 1 aromatic heterocycles. The molecule has 3 heterocycles. The molecule has 4 heteroatoms. The van der Waals surface area contributed by atoms with E-state index in [1.807, 2.05) is 16.7 Å². The van der Waals surface area contributed by atoms with E-state index >= 15 is 0 Å². The van der Waals surface area contributed by atoms with E-state index in [4.69, 9.17) is 0 Å². The monoisotopic (exact) mass is 206 g/mol. The molecule has 0 radical (unpaired) electrons. The van der Waals surface area contributed by atoms with Crippen molar-refractivity contribution in [3.8, 4) is 0 Å². The molecule has 0 aliphatic carbocycles. The highest BCUT2D eigenvalue weighted by Crippen LogP contribution is 2.33. The van der Waals surface area contributed by atoms with Crippen molar-refractivity contribution >= 4 is 0 Å². The Balaban J connectivity index is 2.10. The lowest BCUT2D eigenvalue weighted by molar-refractivity contribution is -0.129. The standard InChI is InChI=1S/C11H14N2O2/c14-11-3-1-2-10-9-4-8(6-13(10)11)5-12(15)7-9/h1-3,8-9,15H,4-7H2/t8-,9+/m1/s1. The van der Waals surface area contributed by atoms with Gasteiger partial charge in [-0.25, -0.2) is 0 Å². The van der Waals surface area contributed by atoms with Crippen LogP contribution in [0.5, 0.6) is 0 Å². The first-order chi connectivity index (χ1) is 7.24. The molecule has 15 heavy (non-hydrogen) atoms. The fourth-order valence-electron chi connectivity index (χ4n) is 2.87. The number of aromatic nitrogens is 1. The van der Waals surface area contributed by atoms with Gasteiger partial charge in [0.1, 0.15) is 0 Å². The van der Waals surface area contributed by atoms with Crippen LogP contribution < -0.4 is 5.56 Å². The number of nitrogens with zero attached hydrogens (tertiary/aromatic N) is 2. The number of hydrogen-bond acceptors (Lipinski definition) is 3. The van der Waals surface area contributed by atoms with Crippen molar-refractivity contribution < 1.29 is 5.21 Å². The van der Waals surface area contributed by atoms with Crippen LogP contribution in [0.4, 0.5) is 0 Å². The van der Waals surface area contributed by atoms with Crippen molar-refractivity contribution in [1.82, 2.24) is 9.63 Å². The maximum Gasteiger partial charge on any atom is 0.250 e. The van der Waals surface area contributed by atoms with Gasteiger partial charge in [-0.15, -0.1) is 0 Å². The van der Waals surface area contributed by atoms with Gasteiger partial charge in [-0.2, -0.15) is 5.06 Å². The predicted octanol–water partition coefficient (Wildman–Crippen LogP) is 0.657. The zero-order chi connectivity index (χ0) is 10.4. The van der Waals surface area contributed by atoms with Crippen LogP contribution in [0.1, 0.15) is 18.0 Å². The Morgan fingerprint density at radius 2 is 2.13 bits per heavy atom. The second-order valence-corrected chi connectivity index (χ2v) is 4.57. The highest BCUT2D eigenvalue weighted by atomic mass is 16.5. The molecule has 0 unspecified atom stereocenters. The molecule has 0 aromatic carbocycles. The molecule has 1 aromatic rings. The highest BCUT2D eigenvalue weighted by molar-refractivity contribution is 5.16. The van der Waals surface area contributed by atoms with E-state index in [1.54, 1.807) is 6.07 Å². The van der Waals surface area contributed by atoms with Crippen molar-refractivity contribution in [2.75, 3.05) is 13.1 Å². The van der Waals surface area contributed by atoms with E-state index in [0.29, 0.717) is 24.9 Å². The van der Waals surface area contributed by atoms with Gasteiger partial charge in [0, 0.05) is 37.3 Å². The molecule has 1 saturated heterocycles. The predicted molar refractivity (Wildman–Crippen MR) is 54.9 cm³/mol. The molecule has 0 saturated carbocycles. The fraction of sp³-hybridized carbons (Fsp3) is 0.545. The van der Waals surface area contributed by atoms with Crippen molar-refractivity contribution in [3.63, 3.8) is 0 Å². The van der Waals surface area contributed by atoms with Crippen LogP contribution in [0.15, 0.2) is 23.0 Å². The minimum Gasteiger partial charge on any atom is -0.314 e. The molecule has 0 amide bonds. The summed E-state index contributed by atoms with van der Waals surface area (Å²) in [6, 6.07) is 5.42. The fourth-order valence-corrected chi connectivity index (χ4v) is 2.87. The molecule has 0 spiro atoms. The van der Waals surface area contributed by atoms with Gasteiger partial charge in [0.2, 0.25) is 0 Å². The summed E-state index contributed by atoms with van der Waals surface area (Å²) in [4.78, 5) is 11.7. The molecule has 2 aliphatic heterocycles. The maximum absolute atomic E-state index is 11.7. The van der Waals surface area contributed by atoms with Crippen LogP contribution in [0.3, 0.4) is 0 Å². The number of piperidine rings is 1. The summed E-state index contributed by atoms with van der Waals surface area (Å²) in [7, 11) is 0. The van der Waals surface area contributed by atoms with Crippen LogP contribution in [0, 0.1) is 5.92 Å². The normalized spacial score (nSPS) is 29.9. The highest BCUT2D eigenvalue weighted by Gasteiger charge is 2.33. The summed E-state index contributed by atoms with van der Waals surface area (Å²) >= 11 is 0. The minimum absolute atomic E-state index is 0.0913. The first kappa shape index (κ1) is 9.12. The summed E-state index contributed by atoms with van der Waals surface area (Å²) in [5.41, 5.74) is 1.17. The first-order valence-electron chi connectivity index (χ1n) is 5.37. The Morgan fingerprint density at radius 3 is 3.00 bits per heavy atom. The van der Waals surface area contributed by atoms with Crippen LogP contribution in [0.2, 0.25) is 0 Å². The topological polar surface area (TPSA) is 45.5 Å². The molecule has 1 fully saturated rings. The quantitative estimate of drug-likeness (QED) is 0.678. The zero-order valence-corrected chi connectivity index (χ0v) is 8.47. The third kappa shape index (κ3) is 1.41. The van der Waals surface area contributed by atoms with E-state index in [0.717, 1.165) is 18.7 Å². The summed E-state index contributed by atoms with van der Waals surface area (Å²) in [6.45, 7) is 2.10. The Bertz CT molecular complexity index is 440. The number of fused-ring (bicyclic) bond motifs is 4. The number of hydrogen-bond donors (Lipinski definition) is 1. The van der Waals surface area contributed by atoms with E-state index in [1.165, 1.54) is 5.06 Å². The Hall–Kier alpha value is -1.13. The van der Waals surface area contributed by atoms with Crippen molar-refractivity contribution in [2.24, 2.45) is 5.92 Å². The van der Waals surface area contributed by atoms with E-state index < -0.39 is 0 Å². The minimum atomic E-state index is 0.0913.